The molecule has 1 unspecified atom stereocenters. The average molecular weight is 504 g/mol. The van der Waals surface area contributed by atoms with Crippen LogP contribution in [0.3, 0.4) is 0 Å². The van der Waals surface area contributed by atoms with Crippen LogP contribution in [0.15, 0.2) is 71.2 Å². The van der Waals surface area contributed by atoms with Gasteiger partial charge in [-0.15, -0.1) is 0 Å². The summed E-state index contributed by atoms with van der Waals surface area (Å²) in [4.78, 5) is 19.7. The Morgan fingerprint density at radius 1 is 1.06 bits per heavy atom. The second kappa shape index (κ2) is 9.02. The van der Waals surface area contributed by atoms with Gasteiger partial charge in [-0.3, -0.25) is 4.79 Å². The Kier molecular flexibility index (Phi) is 5.94. The first-order chi connectivity index (χ1) is 16.0. The number of carbonyl (C=O) groups is 1. The maximum Gasteiger partial charge on any atom is 0.227 e. The molecule has 0 aliphatic carbocycles. The van der Waals surface area contributed by atoms with Crippen molar-refractivity contribution in [2.24, 2.45) is 0 Å². The smallest absolute Gasteiger partial charge is 0.227 e. The largest absolute Gasteiger partial charge is 0.491 e. The van der Waals surface area contributed by atoms with Gasteiger partial charge in [-0.25, -0.2) is 4.98 Å². The highest BCUT2D eigenvalue weighted by molar-refractivity contribution is 9.10. The molecule has 5 nitrogen and oxygen atoms in total. The van der Waals surface area contributed by atoms with Crippen molar-refractivity contribution in [3.63, 3.8) is 0 Å². The molecular weight excluding hydrogens is 478 g/mol. The van der Waals surface area contributed by atoms with Gasteiger partial charge in [-0.05, 0) is 55.8 Å². The summed E-state index contributed by atoms with van der Waals surface area (Å²) in [6.45, 7) is 5.98. The zero-order valence-electron chi connectivity index (χ0n) is 18.8. The SMILES string of the molecule is Cc1ccc(OCCn2c(C3CC(=O)N(c4cccc(Br)c4)C3)nc3ccccc32)c(C)c1. The van der Waals surface area contributed by atoms with Crippen molar-refractivity contribution in [2.45, 2.75) is 32.7 Å². The molecule has 0 radical (unpaired) electrons. The monoisotopic (exact) mass is 503 g/mol. The molecular formula is C27H26BrN3O2. The zero-order valence-corrected chi connectivity index (χ0v) is 20.4. The molecule has 168 valence electrons. The van der Waals surface area contributed by atoms with Crippen molar-refractivity contribution in [3.05, 3.63) is 88.2 Å². The summed E-state index contributed by atoms with van der Waals surface area (Å²) in [5.74, 6) is 2.02. The van der Waals surface area contributed by atoms with E-state index in [0.29, 0.717) is 26.1 Å². The molecule has 1 atom stereocenters. The number of para-hydroxylation sites is 2. The molecule has 1 amide bonds. The summed E-state index contributed by atoms with van der Waals surface area (Å²) in [7, 11) is 0. The lowest BCUT2D eigenvalue weighted by molar-refractivity contribution is -0.117. The summed E-state index contributed by atoms with van der Waals surface area (Å²) in [5, 5.41) is 0. The Bertz CT molecular complexity index is 1330. The van der Waals surface area contributed by atoms with Crippen LogP contribution in [0.25, 0.3) is 11.0 Å². The molecule has 1 saturated heterocycles. The third-order valence-electron chi connectivity index (χ3n) is 6.20. The summed E-state index contributed by atoms with van der Waals surface area (Å²) >= 11 is 3.51. The fourth-order valence-corrected chi connectivity index (χ4v) is 5.01. The lowest BCUT2D eigenvalue weighted by atomic mass is 10.1. The van der Waals surface area contributed by atoms with Gasteiger partial charge in [0.15, 0.2) is 0 Å². The molecule has 4 aromatic rings. The minimum absolute atomic E-state index is 0.0324. The van der Waals surface area contributed by atoms with Crippen LogP contribution in [0, 0.1) is 13.8 Å². The first kappa shape index (κ1) is 21.7. The second-order valence-electron chi connectivity index (χ2n) is 8.61. The lowest BCUT2D eigenvalue weighted by Crippen LogP contribution is -2.24. The maximum atomic E-state index is 12.9. The van der Waals surface area contributed by atoms with Crippen LogP contribution in [0.4, 0.5) is 5.69 Å². The van der Waals surface area contributed by atoms with Gasteiger partial charge in [0, 0.05) is 29.0 Å². The number of hydrogen-bond donors (Lipinski definition) is 0. The van der Waals surface area contributed by atoms with E-state index >= 15 is 0 Å². The number of hydrogen-bond acceptors (Lipinski definition) is 3. The highest BCUT2D eigenvalue weighted by atomic mass is 79.9. The second-order valence-corrected chi connectivity index (χ2v) is 9.53. The van der Waals surface area contributed by atoms with Crippen LogP contribution in [0.2, 0.25) is 0 Å². The third kappa shape index (κ3) is 4.40. The number of carbonyl (C=O) groups excluding carboxylic acids is 1. The van der Waals surface area contributed by atoms with Crippen LogP contribution in [0.5, 0.6) is 5.75 Å². The van der Waals surface area contributed by atoms with Crippen molar-refractivity contribution in [1.82, 2.24) is 9.55 Å². The Hall–Kier alpha value is -3.12. The summed E-state index contributed by atoms with van der Waals surface area (Å²) in [6, 6.07) is 22.3. The zero-order chi connectivity index (χ0) is 22.9. The lowest BCUT2D eigenvalue weighted by Gasteiger charge is -2.18. The van der Waals surface area contributed by atoms with Crippen molar-refractivity contribution >= 4 is 38.6 Å². The van der Waals surface area contributed by atoms with Crippen molar-refractivity contribution in [2.75, 3.05) is 18.1 Å². The van der Waals surface area contributed by atoms with Crippen LogP contribution in [-0.2, 0) is 11.3 Å². The van der Waals surface area contributed by atoms with Gasteiger partial charge in [-0.2, -0.15) is 0 Å². The molecule has 33 heavy (non-hydrogen) atoms. The van der Waals surface area contributed by atoms with Gasteiger partial charge >= 0.3 is 0 Å². The fraction of sp³-hybridized carbons (Fsp3) is 0.259. The van der Waals surface area contributed by atoms with Gasteiger partial charge in [0.2, 0.25) is 5.91 Å². The molecule has 1 fully saturated rings. The number of amides is 1. The molecule has 5 rings (SSSR count). The quantitative estimate of drug-likeness (QED) is 0.323. The van der Waals surface area contributed by atoms with E-state index in [-0.39, 0.29) is 11.8 Å². The number of rotatable bonds is 6. The van der Waals surface area contributed by atoms with Gasteiger partial charge in [0.05, 0.1) is 17.6 Å². The molecule has 0 saturated carbocycles. The molecule has 6 heteroatoms. The van der Waals surface area contributed by atoms with E-state index in [1.807, 2.05) is 53.4 Å². The molecule has 0 bridgehead atoms. The van der Waals surface area contributed by atoms with Gasteiger partial charge in [-0.1, -0.05) is 51.8 Å². The fourth-order valence-electron chi connectivity index (χ4n) is 4.62. The van der Waals surface area contributed by atoms with E-state index in [1.54, 1.807) is 0 Å². The summed E-state index contributed by atoms with van der Waals surface area (Å²) in [6.07, 6.45) is 0.452. The van der Waals surface area contributed by atoms with E-state index in [0.717, 1.165) is 38.3 Å². The average Bonchev–Trinajstić information content (AvgIpc) is 3.36. The van der Waals surface area contributed by atoms with Crippen LogP contribution in [-0.4, -0.2) is 28.6 Å². The van der Waals surface area contributed by atoms with Gasteiger partial charge < -0.3 is 14.2 Å². The number of imidazole rings is 1. The van der Waals surface area contributed by atoms with E-state index in [1.165, 1.54) is 5.56 Å². The number of aryl methyl sites for hydroxylation is 2. The number of anilines is 1. The highest BCUT2D eigenvalue weighted by Crippen LogP contribution is 2.34. The number of fused-ring (bicyclic) bond motifs is 1. The molecule has 3 aromatic carbocycles. The maximum absolute atomic E-state index is 12.9. The van der Waals surface area contributed by atoms with E-state index in [2.05, 4.69) is 52.5 Å². The molecule has 1 aromatic heterocycles. The van der Waals surface area contributed by atoms with Crippen molar-refractivity contribution in [1.29, 1.82) is 0 Å². The number of nitrogens with zero attached hydrogens (tertiary/aromatic N) is 3. The molecule has 1 aliphatic rings. The van der Waals surface area contributed by atoms with Crippen LogP contribution >= 0.6 is 15.9 Å². The van der Waals surface area contributed by atoms with Crippen molar-refractivity contribution in [3.8, 4) is 5.75 Å². The predicted molar refractivity (Wildman–Crippen MR) is 135 cm³/mol. The summed E-state index contributed by atoms with van der Waals surface area (Å²) in [5.41, 5.74) is 5.30. The van der Waals surface area contributed by atoms with Crippen molar-refractivity contribution < 1.29 is 9.53 Å². The standard InChI is InChI=1S/C27H26BrN3O2/c1-18-10-11-25(19(2)14-18)33-13-12-30-24-9-4-3-8-23(24)29-27(30)20-15-26(32)31(17-20)22-7-5-6-21(28)16-22/h3-11,14,16,20H,12-13,15,17H2,1-2H3. The van der Waals surface area contributed by atoms with E-state index < -0.39 is 0 Å². The number of aromatic nitrogens is 2. The first-order valence-corrected chi connectivity index (χ1v) is 12.0. The Labute approximate surface area is 202 Å². The summed E-state index contributed by atoms with van der Waals surface area (Å²) < 4.78 is 9.31. The minimum Gasteiger partial charge on any atom is -0.491 e. The van der Waals surface area contributed by atoms with Gasteiger partial charge in [0.25, 0.3) is 0 Å². The number of ether oxygens (including phenoxy) is 1. The molecule has 0 N–H and O–H groups in total. The third-order valence-corrected chi connectivity index (χ3v) is 6.69. The Morgan fingerprint density at radius 2 is 1.91 bits per heavy atom. The topological polar surface area (TPSA) is 47.4 Å². The first-order valence-electron chi connectivity index (χ1n) is 11.2. The van der Waals surface area contributed by atoms with E-state index in [4.69, 9.17) is 9.72 Å². The molecule has 0 spiro atoms. The highest BCUT2D eigenvalue weighted by Gasteiger charge is 2.34. The van der Waals surface area contributed by atoms with Crippen LogP contribution in [0.1, 0.15) is 29.3 Å². The number of benzene rings is 3. The Morgan fingerprint density at radius 3 is 2.73 bits per heavy atom. The Balaban J connectivity index is 1.40. The van der Waals surface area contributed by atoms with E-state index in [9.17, 15) is 4.79 Å². The predicted octanol–water partition coefficient (Wildman–Crippen LogP) is 6.02. The van der Waals surface area contributed by atoms with Crippen LogP contribution < -0.4 is 9.64 Å². The number of halogens is 1. The minimum atomic E-state index is 0.0324. The van der Waals surface area contributed by atoms with Gasteiger partial charge in [0.1, 0.15) is 18.2 Å². The molecule has 2 heterocycles. The molecule has 1 aliphatic heterocycles. The normalized spacial score (nSPS) is 16.0.